The quantitative estimate of drug-likeness (QED) is 0.384. The minimum Gasteiger partial charge on any atom is -0.493 e. The molecule has 5 heteroatoms. The number of rotatable bonds is 9. The molecule has 0 aromatic heterocycles. The van der Waals surface area contributed by atoms with Gasteiger partial charge in [0.1, 0.15) is 12.4 Å². The Bertz CT molecular complexity index is 1020. The van der Waals surface area contributed by atoms with Crippen LogP contribution in [0.2, 0.25) is 0 Å². The Morgan fingerprint density at radius 1 is 0.944 bits per heavy atom. The molecule has 0 radical (unpaired) electrons. The van der Waals surface area contributed by atoms with Crippen LogP contribution in [0.3, 0.4) is 0 Å². The highest BCUT2D eigenvalue weighted by atomic mass is 16.5. The van der Waals surface area contributed by atoms with Crippen LogP contribution in [0.1, 0.15) is 80.2 Å². The number of carbonyl (C=O) groups is 1. The SMILES string of the molecule is CCCCC1CCC(C(=O)N2CCc3cc(OC)c(OC)cc3C2COc2cc(C)cc(C)c2)CC1. The van der Waals surface area contributed by atoms with E-state index in [1.54, 1.807) is 14.2 Å². The van der Waals surface area contributed by atoms with Gasteiger partial charge in [-0.05, 0) is 98.4 Å². The summed E-state index contributed by atoms with van der Waals surface area (Å²) >= 11 is 0. The molecule has 0 spiro atoms. The molecule has 1 fully saturated rings. The van der Waals surface area contributed by atoms with Gasteiger partial charge >= 0.3 is 0 Å². The van der Waals surface area contributed by atoms with Crippen molar-refractivity contribution in [3.8, 4) is 17.2 Å². The van der Waals surface area contributed by atoms with Crippen molar-refractivity contribution < 1.29 is 19.0 Å². The summed E-state index contributed by atoms with van der Waals surface area (Å²) in [5.74, 6) is 3.47. The van der Waals surface area contributed by atoms with Gasteiger partial charge in [-0.1, -0.05) is 32.3 Å². The van der Waals surface area contributed by atoms with E-state index in [1.165, 1.54) is 48.8 Å². The second-order valence-electron chi connectivity index (χ2n) is 10.7. The number of unbranched alkanes of at least 4 members (excludes halogenated alkanes) is 1. The monoisotopic (exact) mass is 493 g/mol. The van der Waals surface area contributed by atoms with Gasteiger partial charge in [0.25, 0.3) is 0 Å². The van der Waals surface area contributed by atoms with Crippen LogP contribution in [-0.4, -0.2) is 38.2 Å². The molecule has 36 heavy (non-hydrogen) atoms. The van der Waals surface area contributed by atoms with Gasteiger partial charge in [0.05, 0.1) is 20.3 Å². The van der Waals surface area contributed by atoms with Gasteiger partial charge in [0.2, 0.25) is 5.91 Å². The van der Waals surface area contributed by atoms with Crippen LogP contribution < -0.4 is 14.2 Å². The zero-order valence-electron chi connectivity index (χ0n) is 22.8. The molecule has 196 valence electrons. The topological polar surface area (TPSA) is 48.0 Å². The highest BCUT2D eigenvalue weighted by Crippen LogP contribution is 2.41. The van der Waals surface area contributed by atoms with E-state index in [4.69, 9.17) is 14.2 Å². The summed E-state index contributed by atoms with van der Waals surface area (Å²) in [6.07, 6.45) is 9.04. The summed E-state index contributed by atoms with van der Waals surface area (Å²) in [5.41, 5.74) is 4.66. The third kappa shape index (κ3) is 5.99. The molecule has 1 saturated carbocycles. The molecule has 5 nitrogen and oxygen atoms in total. The molecule has 1 amide bonds. The Hall–Kier alpha value is -2.69. The lowest BCUT2D eigenvalue weighted by Gasteiger charge is -2.40. The fraction of sp³-hybridized carbons (Fsp3) is 0.581. The molecule has 0 bridgehead atoms. The van der Waals surface area contributed by atoms with Crippen LogP contribution in [0.4, 0.5) is 0 Å². The predicted molar refractivity (Wildman–Crippen MR) is 144 cm³/mol. The lowest BCUT2D eigenvalue weighted by atomic mass is 9.78. The van der Waals surface area contributed by atoms with Crippen molar-refractivity contribution in [3.05, 3.63) is 52.6 Å². The normalized spacial score (nSPS) is 21.6. The number of aryl methyl sites for hydroxylation is 2. The first-order valence-electron chi connectivity index (χ1n) is 13.7. The van der Waals surface area contributed by atoms with Gasteiger partial charge < -0.3 is 19.1 Å². The minimum absolute atomic E-state index is 0.119. The molecule has 1 aliphatic carbocycles. The van der Waals surface area contributed by atoms with Crippen molar-refractivity contribution in [1.82, 2.24) is 4.90 Å². The van der Waals surface area contributed by atoms with E-state index in [2.05, 4.69) is 49.9 Å². The molecule has 1 aliphatic heterocycles. The van der Waals surface area contributed by atoms with Crippen molar-refractivity contribution in [3.63, 3.8) is 0 Å². The van der Waals surface area contributed by atoms with Crippen LogP contribution in [-0.2, 0) is 11.2 Å². The number of hydrogen-bond donors (Lipinski definition) is 0. The molecule has 4 rings (SSSR count). The molecule has 0 N–H and O–H groups in total. The van der Waals surface area contributed by atoms with Crippen LogP contribution in [0.5, 0.6) is 17.2 Å². The predicted octanol–water partition coefficient (Wildman–Crippen LogP) is 6.82. The zero-order chi connectivity index (χ0) is 25.7. The number of methoxy groups -OCH3 is 2. The Morgan fingerprint density at radius 3 is 2.25 bits per heavy atom. The van der Waals surface area contributed by atoms with Gasteiger partial charge in [-0.3, -0.25) is 4.79 Å². The molecule has 2 aliphatic rings. The maximum atomic E-state index is 13.9. The fourth-order valence-corrected chi connectivity index (χ4v) is 6.09. The standard InChI is InChI=1S/C31H43NO4/c1-6-7-8-23-9-11-24(12-10-23)31(33)32-14-13-25-18-29(34-4)30(35-5)19-27(25)28(32)20-36-26-16-21(2)15-22(3)17-26/h15-19,23-24,28H,6-14,20H2,1-5H3. The minimum atomic E-state index is -0.153. The summed E-state index contributed by atoms with van der Waals surface area (Å²) in [5, 5.41) is 0. The fourth-order valence-electron chi connectivity index (χ4n) is 6.09. The summed E-state index contributed by atoms with van der Waals surface area (Å²) in [7, 11) is 3.33. The van der Waals surface area contributed by atoms with Crippen LogP contribution >= 0.6 is 0 Å². The molecular formula is C31H43NO4. The molecular weight excluding hydrogens is 450 g/mol. The summed E-state index contributed by atoms with van der Waals surface area (Å²) in [6, 6.07) is 10.2. The number of ether oxygens (including phenoxy) is 3. The van der Waals surface area contributed by atoms with Gasteiger partial charge in [-0.25, -0.2) is 0 Å². The largest absolute Gasteiger partial charge is 0.493 e. The van der Waals surface area contributed by atoms with Crippen molar-refractivity contribution in [2.24, 2.45) is 11.8 Å². The second-order valence-corrected chi connectivity index (χ2v) is 10.7. The smallest absolute Gasteiger partial charge is 0.226 e. The Labute approximate surface area is 217 Å². The number of benzene rings is 2. The first-order valence-corrected chi connectivity index (χ1v) is 13.7. The van der Waals surface area contributed by atoms with E-state index in [9.17, 15) is 4.79 Å². The van der Waals surface area contributed by atoms with E-state index in [0.29, 0.717) is 24.8 Å². The third-order valence-electron chi connectivity index (χ3n) is 8.05. The second kappa shape index (κ2) is 12.0. The molecule has 0 saturated heterocycles. The number of hydrogen-bond acceptors (Lipinski definition) is 4. The van der Waals surface area contributed by atoms with Crippen LogP contribution in [0.25, 0.3) is 0 Å². The first kappa shape index (κ1) is 26.4. The van der Waals surface area contributed by atoms with Crippen LogP contribution in [0.15, 0.2) is 30.3 Å². The Balaban J connectivity index is 1.57. The van der Waals surface area contributed by atoms with Gasteiger partial charge in [-0.2, -0.15) is 0 Å². The average Bonchev–Trinajstić information content (AvgIpc) is 2.89. The summed E-state index contributed by atoms with van der Waals surface area (Å²) in [6.45, 7) is 7.55. The number of amides is 1. The highest BCUT2D eigenvalue weighted by molar-refractivity contribution is 5.80. The van der Waals surface area contributed by atoms with E-state index >= 15 is 0 Å². The third-order valence-corrected chi connectivity index (χ3v) is 8.05. The summed E-state index contributed by atoms with van der Waals surface area (Å²) < 4.78 is 17.6. The van der Waals surface area contributed by atoms with E-state index < -0.39 is 0 Å². The lowest BCUT2D eigenvalue weighted by molar-refractivity contribution is -0.140. The number of nitrogens with zero attached hydrogens (tertiary/aromatic N) is 1. The van der Waals surface area contributed by atoms with E-state index in [0.717, 1.165) is 42.2 Å². The van der Waals surface area contributed by atoms with E-state index in [-0.39, 0.29) is 12.0 Å². The van der Waals surface area contributed by atoms with E-state index in [1.807, 2.05) is 6.07 Å². The van der Waals surface area contributed by atoms with Crippen molar-refractivity contribution in [2.75, 3.05) is 27.4 Å². The first-order chi connectivity index (χ1) is 17.4. The van der Waals surface area contributed by atoms with Crippen LogP contribution in [0, 0.1) is 25.7 Å². The van der Waals surface area contributed by atoms with Gasteiger partial charge in [0.15, 0.2) is 11.5 Å². The highest BCUT2D eigenvalue weighted by Gasteiger charge is 2.37. The maximum absolute atomic E-state index is 13.9. The molecule has 1 unspecified atom stereocenters. The van der Waals surface area contributed by atoms with Crippen molar-refractivity contribution in [1.29, 1.82) is 0 Å². The lowest BCUT2D eigenvalue weighted by Crippen LogP contribution is -2.46. The molecule has 2 aromatic carbocycles. The number of fused-ring (bicyclic) bond motifs is 1. The Morgan fingerprint density at radius 2 is 1.61 bits per heavy atom. The average molecular weight is 494 g/mol. The summed E-state index contributed by atoms with van der Waals surface area (Å²) in [4.78, 5) is 16.0. The molecule has 2 aromatic rings. The van der Waals surface area contributed by atoms with Crippen molar-refractivity contribution >= 4 is 5.91 Å². The maximum Gasteiger partial charge on any atom is 0.226 e. The van der Waals surface area contributed by atoms with Crippen molar-refractivity contribution in [2.45, 2.75) is 78.2 Å². The Kier molecular flexibility index (Phi) is 8.81. The zero-order valence-corrected chi connectivity index (χ0v) is 22.8. The van der Waals surface area contributed by atoms with Gasteiger partial charge in [0, 0.05) is 12.5 Å². The van der Waals surface area contributed by atoms with Gasteiger partial charge in [-0.15, -0.1) is 0 Å². The number of carbonyl (C=O) groups excluding carboxylic acids is 1. The molecule has 1 heterocycles. The molecule has 1 atom stereocenters.